The first-order valence-electron chi connectivity index (χ1n) is 7.88. The first-order valence-corrected chi connectivity index (χ1v) is 7.88. The van der Waals surface area contributed by atoms with Gasteiger partial charge < -0.3 is 20.3 Å². The van der Waals surface area contributed by atoms with Crippen molar-refractivity contribution < 1.29 is 4.74 Å². The Hall–Kier alpha value is -0.810. The third-order valence-corrected chi connectivity index (χ3v) is 3.22. The highest BCUT2D eigenvalue weighted by Gasteiger charge is 2.00. The number of aliphatic imine (C=N–C) groups is 1. The molecule has 0 rings (SSSR count). The van der Waals surface area contributed by atoms with Gasteiger partial charge in [0, 0.05) is 33.3 Å². The molecule has 5 nitrogen and oxygen atoms in total. The topological polar surface area (TPSA) is 48.9 Å². The summed E-state index contributed by atoms with van der Waals surface area (Å²) >= 11 is 0. The van der Waals surface area contributed by atoms with Crippen molar-refractivity contribution in [2.75, 3.05) is 53.0 Å². The van der Waals surface area contributed by atoms with Crippen LogP contribution in [-0.4, -0.2) is 63.8 Å². The maximum absolute atomic E-state index is 5.56. The van der Waals surface area contributed by atoms with E-state index in [-0.39, 0.29) is 0 Å². The number of rotatable bonds is 11. The largest absolute Gasteiger partial charge is 0.380 e. The Labute approximate surface area is 125 Å². The van der Waals surface area contributed by atoms with Crippen molar-refractivity contribution in [3.05, 3.63) is 0 Å². The molecule has 0 aromatic heterocycles. The number of likely N-dealkylation sites (N-methyl/N-ethyl adjacent to an activating group) is 1. The molecule has 0 radical (unpaired) electrons. The van der Waals surface area contributed by atoms with Crippen molar-refractivity contribution in [3.8, 4) is 0 Å². The SMILES string of the molecule is CCN(CC)CCNC(=NC)NCCOCCC(C)C. The minimum absolute atomic E-state index is 0.706. The van der Waals surface area contributed by atoms with Gasteiger partial charge in [-0.3, -0.25) is 4.99 Å². The molecule has 0 aliphatic heterocycles. The molecule has 0 amide bonds. The molecule has 120 valence electrons. The van der Waals surface area contributed by atoms with E-state index >= 15 is 0 Å². The zero-order valence-electron chi connectivity index (χ0n) is 14.0. The summed E-state index contributed by atoms with van der Waals surface area (Å²) in [6.07, 6.45) is 1.12. The van der Waals surface area contributed by atoms with E-state index in [0.717, 1.165) is 58.3 Å². The van der Waals surface area contributed by atoms with Crippen molar-refractivity contribution >= 4 is 5.96 Å². The summed E-state index contributed by atoms with van der Waals surface area (Å²) in [5, 5.41) is 6.58. The van der Waals surface area contributed by atoms with Gasteiger partial charge in [-0.15, -0.1) is 0 Å². The predicted molar refractivity (Wildman–Crippen MR) is 87.4 cm³/mol. The number of hydrogen-bond acceptors (Lipinski definition) is 3. The number of guanidine groups is 1. The van der Waals surface area contributed by atoms with Crippen LogP contribution in [0.5, 0.6) is 0 Å². The fourth-order valence-electron chi connectivity index (χ4n) is 1.76. The standard InChI is InChI=1S/C15H34N4O/c1-6-19(7-2)11-9-17-15(16-5)18-10-13-20-12-8-14(3)4/h14H,6-13H2,1-5H3,(H2,16,17,18). The molecule has 0 heterocycles. The van der Waals surface area contributed by atoms with E-state index in [2.05, 4.69) is 48.2 Å². The Balaban J connectivity index is 3.57. The maximum Gasteiger partial charge on any atom is 0.191 e. The molecular formula is C15H34N4O. The monoisotopic (exact) mass is 286 g/mol. The van der Waals surface area contributed by atoms with E-state index in [9.17, 15) is 0 Å². The molecule has 0 saturated heterocycles. The van der Waals surface area contributed by atoms with E-state index in [1.54, 1.807) is 7.05 Å². The Bertz CT molecular complexity index is 240. The van der Waals surface area contributed by atoms with E-state index in [0.29, 0.717) is 5.92 Å². The van der Waals surface area contributed by atoms with Gasteiger partial charge in [0.25, 0.3) is 0 Å². The van der Waals surface area contributed by atoms with Crippen LogP contribution in [0.3, 0.4) is 0 Å². The van der Waals surface area contributed by atoms with Crippen molar-refractivity contribution in [1.82, 2.24) is 15.5 Å². The average molecular weight is 286 g/mol. The molecule has 5 heteroatoms. The van der Waals surface area contributed by atoms with Crippen LogP contribution in [0.4, 0.5) is 0 Å². The average Bonchev–Trinajstić information content (AvgIpc) is 2.44. The van der Waals surface area contributed by atoms with Gasteiger partial charge in [-0.05, 0) is 25.4 Å². The fourth-order valence-corrected chi connectivity index (χ4v) is 1.76. The van der Waals surface area contributed by atoms with Crippen LogP contribution >= 0.6 is 0 Å². The third-order valence-electron chi connectivity index (χ3n) is 3.22. The Kier molecular flexibility index (Phi) is 12.7. The van der Waals surface area contributed by atoms with Crippen LogP contribution in [0.2, 0.25) is 0 Å². The quantitative estimate of drug-likeness (QED) is 0.344. The zero-order chi connectivity index (χ0) is 15.2. The molecule has 0 saturated carbocycles. The highest BCUT2D eigenvalue weighted by Crippen LogP contribution is 1.98. The van der Waals surface area contributed by atoms with Gasteiger partial charge in [0.05, 0.1) is 6.61 Å². The first kappa shape index (κ1) is 19.2. The first-order chi connectivity index (χ1) is 9.63. The van der Waals surface area contributed by atoms with Crippen LogP contribution in [0.15, 0.2) is 4.99 Å². The number of nitrogens with zero attached hydrogens (tertiary/aromatic N) is 2. The van der Waals surface area contributed by atoms with Gasteiger partial charge in [-0.2, -0.15) is 0 Å². The van der Waals surface area contributed by atoms with Crippen molar-refractivity contribution in [1.29, 1.82) is 0 Å². The number of nitrogens with one attached hydrogen (secondary N) is 2. The second-order valence-corrected chi connectivity index (χ2v) is 5.25. The van der Waals surface area contributed by atoms with E-state index in [1.807, 2.05) is 0 Å². The van der Waals surface area contributed by atoms with Gasteiger partial charge in [0.2, 0.25) is 0 Å². The fraction of sp³-hybridized carbons (Fsp3) is 0.933. The van der Waals surface area contributed by atoms with Crippen LogP contribution < -0.4 is 10.6 Å². The minimum Gasteiger partial charge on any atom is -0.380 e. The molecule has 0 aromatic rings. The van der Waals surface area contributed by atoms with Crippen molar-refractivity contribution in [2.45, 2.75) is 34.1 Å². The summed E-state index contributed by atoms with van der Waals surface area (Å²) < 4.78 is 5.56. The van der Waals surface area contributed by atoms with Crippen LogP contribution in [0, 0.1) is 5.92 Å². The zero-order valence-corrected chi connectivity index (χ0v) is 14.0. The Morgan fingerprint density at radius 2 is 1.75 bits per heavy atom. The predicted octanol–water partition coefficient (Wildman–Crippen LogP) is 1.56. The second kappa shape index (κ2) is 13.2. The number of hydrogen-bond donors (Lipinski definition) is 2. The molecule has 0 fully saturated rings. The molecule has 0 bridgehead atoms. The van der Waals surface area contributed by atoms with Gasteiger partial charge >= 0.3 is 0 Å². The van der Waals surface area contributed by atoms with E-state index in [4.69, 9.17) is 4.74 Å². The van der Waals surface area contributed by atoms with Crippen LogP contribution in [-0.2, 0) is 4.74 Å². The lowest BCUT2D eigenvalue weighted by Gasteiger charge is -2.19. The van der Waals surface area contributed by atoms with Gasteiger partial charge in [-0.25, -0.2) is 0 Å². The van der Waals surface area contributed by atoms with Crippen molar-refractivity contribution in [3.63, 3.8) is 0 Å². The third kappa shape index (κ3) is 11.1. The van der Waals surface area contributed by atoms with Crippen LogP contribution in [0.1, 0.15) is 34.1 Å². The molecule has 0 aliphatic carbocycles. The Morgan fingerprint density at radius 3 is 2.30 bits per heavy atom. The smallest absolute Gasteiger partial charge is 0.191 e. The normalized spacial score (nSPS) is 12.2. The highest BCUT2D eigenvalue weighted by atomic mass is 16.5. The molecule has 0 unspecified atom stereocenters. The summed E-state index contributed by atoms with van der Waals surface area (Å²) in [6, 6.07) is 0. The summed E-state index contributed by atoms with van der Waals surface area (Å²) in [6.45, 7) is 15.3. The summed E-state index contributed by atoms with van der Waals surface area (Å²) in [5.74, 6) is 1.56. The van der Waals surface area contributed by atoms with E-state index < -0.39 is 0 Å². The number of ether oxygens (including phenoxy) is 1. The lowest BCUT2D eigenvalue weighted by molar-refractivity contribution is 0.128. The van der Waals surface area contributed by atoms with Crippen molar-refractivity contribution in [2.24, 2.45) is 10.9 Å². The summed E-state index contributed by atoms with van der Waals surface area (Å²) in [5.41, 5.74) is 0. The summed E-state index contributed by atoms with van der Waals surface area (Å²) in [7, 11) is 1.80. The van der Waals surface area contributed by atoms with Crippen LogP contribution in [0.25, 0.3) is 0 Å². The molecule has 20 heavy (non-hydrogen) atoms. The van der Waals surface area contributed by atoms with Gasteiger partial charge in [0.15, 0.2) is 5.96 Å². The highest BCUT2D eigenvalue weighted by molar-refractivity contribution is 5.79. The molecule has 0 spiro atoms. The van der Waals surface area contributed by atoms with Gasteiger partial charge in [0.1, 0.15) is 0 Å². The lowest BCUT2D eigenvalue weighted by Crippen LogP contribution is -2.42. The summed E-state index contributed by atoms with van der Waals surface area (Å²) in [4.78, 5) is 6.59. The molecular weight excluding hydrogens is 252 g/mol. The second-order valence-electron chi connectivity index (χ2n) is 5.25. The lowest BCUT2D eigenvalue weighted by atomic mass is 10.1. The molecule has 0 aromatic carbocycles. The maximum atomic E-state index is 5.56. The van der Waals surface area contributed by atoms with E-state index in [1.165, 1.54) is 0 Å². The molecule has 2 N–H and O–H groups in total. The van der Waals surface area contributed by atoms with Gasteiger partial charge in [-0.1, -0.05) is 27.7 Å². The molecule has 0 atom stereocenters. The molecule has 0 aliphatic rings. The minimum atomic E-state index is 0.706. The Morgan fingerprint density at radius 1 is 1.10 bits per heavy atom.